The number of phenols is 1. The van der Waals surface area contributed by atoms with Gasteiger partial charge in [0.05, 0.1) is 5.60 Å². The van der Waals surface area contributed by atoms with Gasteiger partial charge in [0.25, 0.3) is 5.91 Å². The van der Waals surface area contributed by atoms with Crippen LogP contribution in [0.25, 0.3) is 0 Å². The molecule has 0 radical (unpaired) electrons. The van der Waals surface area contributed by atoms with Gasteiger partial charge in [-0.25, -0.2) is 0 Å². The Bertz CT molecular complexity index is 464. The molecular weight excluding hydrogens is 242 g/mol. The highest BCUT2D eigenvalue weighted by atomic mass is 16.3. The van der Waals surface area contributed by atoms with Crippen LogP contribution in [-0.2, 0) is 0 Å². The van der Waals surface area contributed by atoms with Crippen LogP contribution in [0.2, 0.25) is 0 Å². The van der Waals surface area contributed by atoms with Gasteiger partial charge in [-0.2, -0.15) is 0 Å². The third-order valence-corrected chi connectivity index (χ3v) is 3.83. The maximum atomic E-state index is 12.0. The minimum absolute atomic E-state index is 0.115. The third-order valence-electron chi connectivity index (χ3n) is 3.83. The Kier molecular flexibility index (Phi) is 4.10. The lowest BCUT2D eigenvalue weighted by atomic mass is 9.85. The molecule has 0 heterocycles. The quantitative estimate of drug-likeness (QED) is 0.782. The maximum absolute atomic E-state index is 12.0. The number of nitrogens with one attached hydrogen (secondary N) is 1. The molecule has 0 unspecified atom stereocenters. The molecule has 0 spiro atoms. The number of phenolic OH excluding ortho intramolecular Hbond substituents is 1. The number of amides is 1. The summed E-state index contributed by atoms with van der Waals surface area (Å²) in [7, 11) is 0. The Labute approximate surface area is 113 Å². The van der Waals surface area contributed by atoms with Crippen LogP contribution in [0.3, 0.4) is 0 Å². The van der Waals surface area contributed by atoms with Gasteiger partial charge in [0.15, 0.2) is 0 Å². The van der Waals surface area contributed by atoms with Crippen LogP contribution in [0.1, 0.15) is 48.0 Å². The van der Waals surface area contributed by atoms with Crippen LogP contribution in [0.5, 0.6) is 5.75 Å². The molecule has 1 aliphatic rings. The summed E-state index contributed by atoms with van der Waals surface area (Å²) in [6.45, 7) is 2.06. The molecule has 1 aromatic rings. The molecule has 19 heavy (non-hydrogen) atoms. The second-order valence-electron chi connectivity index (χ2n) is 5.47. The molecule has 104 valence electrons. The molecule has 1 fully saturated rings. The van der Waals surface area contributed by atoms with Gasteiger partial charge in [-0.3, -0.25) is 4.79 Å². The van der Waals surface area contributed by atoms with Gasteiger partial charge in [0.1, 0.15) is 5.75 Å². The average molecular weight is 263 g/mol. The molecule has 1 aromatic carbocycles. The third kappa shape index (κ3) is 3.47. The van der Waals surface area contributed by atoms with Gasteiger partial charge in [-0.1, -0.05) is 25.3 Å². The predicted octanol–water partition coefficient (Wildman–Crippen LogP) is 2.13. The zero-order valence-electron chi connectivity index (χ0n) is 11.3. The van der Waals surface area contributed by atoms with Crippen LogP contribution in [-0.4, -0.2) is 28.3 Å². The fourth-order valence-corrected chi connectivity index (χ4v) is 2.48. The molecule has 1 aliphatic carbocycles. The molecule has 1 amide bonds. The lowest BCUT2D eigenvalue weighted by Gasteiger charge is -2.32. The number of carbonyl (C=O) groups is 1. The van der Waals surface area contributed by atoms with Gasteiger partial charge in [0, 0.05) is 12.1 Å². The zero-order chi connectivity index (χ0) is 13.9. The van der Waals surface area contributed by atoms with E-state index >= 15 is 0 Å². The van der Waals surface area contributed by atoms with E-state index in [2.05, 4.69) is 5.32 Å². The first-order chi connectivity index (χ1) is 9.00. The van der Waals surface area contributed by atoms with Crippen LogP contribution < -0.4 is 5.32 Å². The van der Waals surface area contributed by atoms with Gasteiger partial charge >= 0.3 is 0 Å². The fourth-order valence-electron chi connectivity index (χ4n) is 2.48. The minimum Gasteiger partial charge on any atom is -0.508 e. The number of rotatable bonds is 3. The predicted molar refractivity (Wildman–Crippen MR) is 73.2 cm³/mol. The monoisotopic (exact) mass is 263 g/mol. The van der Waals surface area contributed by atoms with E-state index in [9.17, 15) is 15.0 Å². The molecular formula is C15H21NO3. The Hall–Kier alpha value is -1.55. The summed E-state index contributed by atoms with van der Waals surface area (Å²) in [6, 6.07) is 4.84. The zero-order valence-corrected chi connectivity index (χ0v) is 11.3. The second-order valence-corrected chi connectivity index (χ2v) is 5.47. The van der Waals surface area contributed by atoms with E-state index < -0.39 is 5.60 Å². The molecule has 4 nitrogen and oxygen atoms in total. The van der Waals surface area contributed by atoms with Gasteiger partial charge < -0.3 is 15.5 Å². The highest BCUT2D eigenvalue weighted by Crippen LogP contribution is 2.27. The van der Waals surface area contributed by atoms with Gasteiger partial charge in [0.2, 0.25) is 0 Å². The summed E-state index contributed by atoms with van der Waals surface area (Å²) in [5.74, 6) is -0.140. The van der Waals surface area contributed by atoms with Gasteiger partial charge in [-0.15, -0.1) is 0 Å². The van der Waals surface area contributed by atoms with Crippen molar-refractivity contribution in [3.8, 4) is 5.75 Å². The van der Waals surface area contributed by atoms with Crippen molar-refractivity contribution >= 4 is 5.91 Å². The summed E-state index contributed by atoms with van der Waals surface area (Å²) < 4.78 is 0. The summed E-state index contributed by atoms with van der Waals surface area (Å²) in [5.41, 5.74) is 0.394. The number of aromatic hydroxyl groups is 1. The minimum atomic E-state index is -0.763. The summed E-state index contributed by atoms with van der Waals surface area (Å²) >= 11 is 0. The molecule has 0 atom stereocenters. The number of hydrogen-bond donors (Lipinski definition) is 3. The molecule has 0 aromatic heterocycles. The number of benzene rings is 1. The molecule has 2 rings (SSSR count). The SMILES string of the molecule is Cc1ccc(C(=O)NCC2(O)CCCCC2)cc1O. The van der Waals surface area contributed by atoms with E-state index in [-0.39, 0.29) is 18.2 Å². The average Bonchev–Trinajstić information content (AvgIpc) is 2.40. The Morgan fingerprint density at radius 3 is 2.63 bits per heavy atom. The van der Waals surface area contributed by atoms with E-state index in [1.807, 2.05) is 0 Å². The largest absolute Gasteiger partial charge is 0.508 e. The number of hydrogen-bond acceptors (Lipinski definition) is 3. The number of aliphatic hydroxyl groups is 1. The fraction of sp³-hybridized carbons (Fsp3) is 0.533. The first kappa shape index (κ1) is 13.9. The Balaban J connectivity index is 1.95. The van der Waals surface area contributed by atoms with Crippen molar-refractivity contribution in [2.75, 3.05) is 6.54 Å². The van der Waals surface area contributed by atoms with E-state index in [0.717, 1.165) is 37.7 Å². The normalized spacial score (nSPS) is 18.0. The summed E-state index contributed by atoms with van der Waals surface area (Å²) in [5, 5.41) is 22.6. The van der Waals surface area contributed by atoms with Crippen LogP contribution >= 0.6 is 0 Å². The highest BCUT2D eigenvalue weighted by molar-refractivity contribution is 5.94. The lowest BCUT2D eigenvalue weighted by molar-refractivity contribution is 0.00525. The van der Waals surface area contributed by atoms with Crippen LogP contribution in [0, 0.1) is 6.92 Å². The molecule has 1 saturated carbocycles. The van der Waals surface area contributed by atoms with Crippen molar-refractivity contribution in [3.63, 3.8) is 0 Å². The van der Waals surface area contributed by atoms with Crippen LogP contribution in [0.4, 0.5) is 0 Å². The molecule has 3 N–H and O–H groups in total. The van der Waals surface area contributed by atoms with Crippen molar-refractivity contribution in [3.05, 3.63) is 29.3 Å². The van der Waals surface area contributed by atoms with Crippen LogP contribution in [0.15, 0.2) is 18.2 Å². The summed E-state index contributed by atoms with van der Waals surface area (Å²) in [6.07, 6.45) is 4.66. The summed E-state index contributed by atoms with van der Waals surface area (Å²) in [4.78, 5) is 12.0. The van der Waals surface area contributed by atoms with Crippen molar-refractivity contribution < 1.29 is 15.0 Å². The smallest absolute Gasteiger partial charge is 0.251 e. The second kappa shape index (κ2) is 5.61. The van der Waals surface area contributed by atoms with Crippen molar-refractivity contribution in [1.29, 1.82) is 0 Å². The lowest BCUT2D eigenvalue weighted by Crippen LogP contribution is -2.44. The Morgan fingerprint density at radius 1 is 1.32 bits per heavy atom. The van der Waals surface area contributed by atoms with E-state index in [1.54, 1.807) is 19.1 Å². The molecule has 0 aliphatic heterocycles. The Morgan fingerprint density at radius 2 is 2.00 bits per heavy atom. The first-order valence-electron chi connectivity index (χ1n) is 6.80. The standard InChI is InChI=1S/C15H21NO3/c1-11-5-6-12(9-13(11)17)14(18)16-10-15(19)7-3-2-4-8-15/h5-6,9,17,19H,2-4,7-8,10H2,1H3,(H,16,18). The molecule has 0 saturated heterocycles. The number of carbonyl (C=O) groups excluding carboxylic acids is 1. The van der Waals surface area contributed by atoms with E-state index in [4.69, 9.17) is 0 Å². The van der Waals surface area contributed by atoms with E-state index in [1.165, 1.54) is 6.07 Å². The van der Waals surface area contributed by atoms with E-state index in [0.29, 0.717) is 5.56 Å². The topological polar surface area (TPSA) is 69.6 Å². The van der Waals surface area contributed by atoms with Crippen molar-refractivity contribution in [2.24, 2.45) is 0 Å². The molecule has 0 bridgehead atoms. The van der Waals surface area contributed by atoms with Gasteiger partial charge in [-0.05, 0) is 37.5 Å². The first-order valence-corrected chi connectivity index (χ1v) is 6.80. The van der Waals surface area contributed by atoms with Crippen molar-refractivity contribution in [2.45, 2.75) is 44.6 Å². The highest BCUT2D eigenvalue weighted by Gasteiger charge is 2.29. The molecule has 4 heteroatoms. The maximum Gasteiger partial charge on any atom is 0.251 e. The van der Waals surface area contributed by atoms with Crippen molar-refractivity contribution in [1.82, 2.24) is 5.32 Å². The number of aryl methyl sites for hydroxylation is 1.